The Morgan fingerprint density at radius 1 is 0.935 bits per heavy atom. The molecule has 31 heavy (non-hydrogen) atoms. The molecular formula is C24H16FN3O3. The number of nitriles is 1. The van der Waals surface area contributed by atoms with Crippen LogP contribution in [0.25, 0.3) is 5.57 Å². The minimum atomic E-state index is -0.570. The summed E-state index contributed by atoms with van der Waals surface area (Å²) in [4.78, 5) is 27.8. The van der Waals surface area contributed by atoms with Gasteiger partial charge in [0, 0.05) is 11.3 Å². The number of methoxy groups -OCH3 is 1. The van der Waals surface area contributed by atoms with Crippen LogP contribution in [0.3, 0.4) is 0 Å². The molecule has 3 aromatic carbocycles. The molecule has 1 aliphatic heterocycles. The molecule has 0 saturated heterocycles. The van der Waals surface area contributed by atoms with Crippen molar-refractivity contribution in [3.63, 3.8) is 0 Å². The van der Waals surface area contributed by atoms with Crippen LogP contribution in [0, 0.1) is 17.1 Å². The normalized spacial score (nSPS) is 13.4. The van der Waals surface area contributed by atoms with Crippen molar-refractivity contribution in [2.75, 3.05) is 17.3 Å². The standard InChI is InChI=1S/C24H16FN3O3/c1-31-20-5-3-2-4-19(20)21-22(27-17-10-8-16(25)9-11-17)24(30)28(23(21)29)18-12-6-15(14-26)7-13-18/h2-13,27H,1H3. The van der Waals surface area contributed by atoms with Crippen molar-refractivity contribution in [1.29, 1.82) is 5.26 Å². The summed E-state index contributed by atoms with van der Waals surface area (Å²) in [5.41, 5.74) is 1.82. The van der Waals surface area contributed by atoms with Crippen molar-refractivity contribution in [2.45, 2.75) is 0 Å². The second kappa shape index (κ2) is 8.13. The minimum absolute atomic E-state index is 0.0467. The SMILES string of the molecule is COc1ccccc1C1=C(Nc2ccc(F)cc2)C(=O)N(c2ccc(C#N)cc2)C1=O. The number of amides is 2. The zero-order valence-corrected chi connectivity index (χ0v) is 16.4. The molecule has 0 bridgehead atoms. The van der Waals surface area contributed by atoms with E-state index in [0.29, 0.717) is 28.3 Å². The van der Waals surface area contributed by atoms with Crippen molar-refractivity contribution < 1.29 is 18.7 Å². The van der Waals surface area contributed by atoms with Gasteiger partial charge in [-0.25, -0.2) is 9.29 Å². The summed E-state index contributed by atoms with van der Waals surface area (Å²) >= 11 is 0. The Kier molecular flexibility index (Phi) is 5.21. The number of nitrogens with one attached hydrogen (secondary N) is 1. The number of benzene rings is 3. The highest BCUT2D eigenvalue weighted by atomic mass is 19.1. The highest BCUT2D eigenvalue weighted by molar-refractivity contribution is 6.46. The number of hydrogen-bond donors (Lipinski definition) is 1. The van der Waals surface area contributed by atoms with Crippen molar-refractivity contribution in [1.82, 2.24) is 0 Å². The fourth-order valence-corrected chi connectivity index (χ4v) is 3.34. The molecule has 0 radical (unpaired) electrons. The van der Waals surface area contributed by atoms with E-state index < -0.39 is 17.6 Å². The molecule has 7 heteroatoms. The zero-order chi connectivity index (χ0) is 22.0. The minimum Gasteiger partial charge on any atom is -0.496 e. The molecule has 3 aromatic rings. The fourth-order valence-electron chi connectivity index (χ4n) is 3.34. The van der Waals surface area contributed by atoms with E-state index in [0.717, 1.165) is 4.90 Å². The van der Waals surface area contributed by atoms with Crippen LogP contribution in [-0.2, 0) is 9.59 Å². The quantitative estimate of drug-likeness (QED) is 0.637. The number of nitrogens with zero attached hydrogens (tertiary/aromatic N) is 2. The highest BCUT2D eigenvalue weighted by Gasteiger charge is 2.41. The van der Waals surface area contributed by atoms with Crippen LogP contribution >= 0.6 is 0 Å². The summed E-state index contributed by atoms with van der Waals surface area (Å²) in [6, 6.07) is 20.5. The smallest absolute Gasteiger partial charge is 0.282 e. The van der Waals surface area contributed by atoms with Gasteiger partial charge in [0.15, 0.2) is 0 Å². The molecular weight excluding hydrogens is 397 g/mol. The number of carbonyl (C=O) groups excluding carboxylic acids is 2. The second-order valence-corrected chi connectivity index (χ2v) is 6.69. The lowest BCUT2D eigenvalue weighted by atomic mass is 10.0. The summed E-state index contributed by atoms with van der Waals surface area (Å²) in [5, 5.41) is 12.0. The number of para-hydroxylation sites is 1. The van der Waals surface area contributed by atoms with Crippen LogP contribution < -0.4 is 15.0 Å². The molecule has 0 fully saturated rings. The lowest BCUT2D eigenvalue weighted by Gasteiger charge is -2.15. The van der Waals surface area contributed by atoms with Crippen LogP contribution in [0.2, 0.25) is 0 Å². The van der Waals surface area contributed by atoms with Gasteiger partial charge in [-0.05, 0) is 54.6 Å². The average molecular weight is 413 g/mol. The third-order valence-electron chi connectivity index (χ3n) is 4.83. The third kappa shape index (κ3) is 3.63. The molecule has 2 amide bonds. The molecule has 0 unspecified atom stereocenters. The summed E-state index contributed by atoms with van der Waals surface area (Å²) in [6.07, 6.45) is 0. The van der Waals surface area contributed by atoms with Crippen LogP contribution in [0.15, 0.2) is 78.5 Å². The molecule has 0 aliphatic carbocycles. The number of carbonyl (C=O) groups is 2. The molecule has 1 N–H and O–H groups in total. The van der Waals surface area contributed by atoms with Crippen LogP contribution in [0.4, 0.5) is 15.8 Å². The third-order valence-corrected chi connectivity index (χ3v) is 4.83. The first-order valence-electron chi connectivity index (χ1n) is 9.32. The lowest BCUT2D eigenvalue weighted by molar-refractivity contribution is -0.120. The van der Waals surface area contributed by atoms with E-state index in [4.69, 9.17) is 10.00 Å². The highest BCUT2D eigenvalue weighted by Crippen LogP contribution is 2.37. The first-order valence-corrected chi connectivity index (χ1v) is 9.32. The van der Waals surface area contributed by atoms with Gasteiger partial charge in [-0.15, -0.1) is 0 Å². The summed E-state index contributed by atoms with van der Waals surface area (Å²) < 4.78 is 18.7. The predicted molar refractivity (Wildman–Crippen MR) is 114 cm³/mol. The monoisotopic (exact) mass is 413 g/mol. The van der Waals surface area contributed by atoms with Gasteiger partial charge >= 0.3 is 0 Å². The van der Waals surface area contributed by atoms with E-state index >= 15 is 0 Å². The zero-order valence-electron chi connectivity index (χ0n) is 16.4. The van der Waals surface area contributed by atoms with Crippen LogP contribution in [0.5, 0.6) is 5.75 Å². The molecule has 0 saturated carbocycles. The Labute approximate surface area is 177 Å². The topological polar surface area (TPSA) is 82.4 Å². The van der Waals surface area contributed by atoms with E-state index in [1.54, 1.807) is 24.3 Å². The maximum absolute atomic E-state index is 13.4. The van der Waals surface area contributed by atoms with E-state index in [1.165, 1.54) is 55.6 Å². The molecule has 0 aromatic heterocycles. The van der Waals surface area contributed by atoms with Crippen LogP contribution in [0.1, 0.15) is 11.1 Å². The molecule has 1 aliphatic rings. The van der Waals surface area contributed by atoms with Crippen molar-refractivity contribution in [3.8, 4) is 11.8 Å². The van der Waals surface area contributed by atoms with Gasteiger partial charge in [-0.3, -0.25) is 9.59 Å². The van der Waals surface area contributed by atoms with E-state index in [1.807, 2.05) is 6.07 Å². The first-order chi connectivity index (χ1) is 15.0. The molecule has 0 spiro atoms. The predicted octanol–water partition coefficient (Wildman–Crippen LogP) is 4.10. The number of imide groups is 1. The maximum Gasteiger partial charge on any atom is 0.282 e. The van der Waals surface area contributed by atoms with Crippen LogP contribution in [-0.4, -0.2) is 18.9 Å². The summed E-state index contributed by atoms with van der Waals surface area (Å²) in [6.45, 7) is 0. The Balaban J connectivity index is 1.84. The maximum atomic E-state index is 13.4. The number of rotatable bonds is 5. The van der Waals surface area contributed by atoms with Crippen molar-refractivity contribution >= 4 is 28.8 Å². The summed E-state index contributed by atoms with van der Waals surface area (Å²) in [5.74, 6) is -1.10. The number of anilines is 2. The number of halogens is 1. The summed E-state index contributed by atoms with van der Waals surface area (Å²) in [7, 11) is 1.48. The van der Waals surface area contributed by atoms with Gasteiger partial charge in [0.05, 0.1) is 30.0 Å². The molecule has 0 atom stereocenters. The Hall–Kier alpha value is -4.44. The van der Waals surface area contributed by atoms with Gasteiger partial charge in [0.25, 0.3) is 11.8 Å². The van der Waals surface area contributed by atoms with E-state index in [2.05, 4.69) is 5.32 Å². The second-order valence-electron chi connectivity index (χ2n) is 6.69. The van der Waals surface area contributed by atoms with Gasteiger partial charge in [-0.2, -0.15) is 5.26 Å². The first kappa shape index (κ1) is 19.9. The molecule has 152 valence electrons. The largest absolute Gasteiger partial charge is 0.496 e. The molecule has 4 rings (SSSR count). The Morgan fingerprint density at radius 3 is 2.26 bits per heavy atom. The lowest BCUT2D eigenvalue weighted by Crippen LogP contribution is -2.32. The molecule has 6 nitrogen and oxygen atoms in total. The van der Waals surface area contributed by atoms with Gasteiger partial charge in [0.1, 0.15) is 17.3 Å². The van der Waals surface area contributed by atoms with Gasteiger partial charge in [-0.1, -0.05) is 18.2 Å². The Morgan fingerprint density at radius 2 is 1.61 bits per heavy atom. The molecule has 1 heterocycles. The van der Waals surface area contributed by atoms with Gasteiger partial charge < -0.3 is 10.1 Å². The Bertz CT molecular complexity index is 1240. The van der Waals surface area contributed by atoms with Crippen molar-refractivity contribution in [3.05, 3.63) is 95.4 Å². The van der Waals surface area contributed by atoms with Gasteiger partial charge in [0.2, 0.25) is 0 Å². The van der Waals surface area contributed by atoms with E-state index in [-0.39, 0.29) is 11.3 Å². The number of ether oxygens (including phenoxy) is 1. The van der Waals surface area contributed by atoms with Crippen molar-refractivity contribution in [2.24, 2.45) is 0 Å². The fraction of sp³-hybridized carbons (Fsp3) is 0.0417. The average Bonchev–Trinajstić information content (AvgIpc) is 3.04. The van der Waals surface area contributed by atoms with E-state index in [9.17, 15) is 14.0 Å². The number of hydrogen-bond acceptors (Lipinski definition) is 5.